The second-order valence-electron chi connectivity index (χ2n) is 11.3. The number of halogens is 1. The zero-order chi connectivity index (χ0) is 27.8. The van der Waals surface area contributed by atoms with Gasteiger partial charge in [0.15, 0.2) is 11.6 Å². The van der Waals surface area contributed by atoms with Gasteiger partial charge in [-0.3, -0.25) is 19.2 Å². The number of nitrogens with zero attached hydrogens (tertiary/aromatic N) is 2. The summed E-state index contributed by atoms with van der Waals surface area (Å²) in [5.41, 5.74) is 0.748. The summed E-state index contributed by atoms with van der Waals surface area (Å²) >= 11 is 0. The van der Waals surface area contributed by atoms with Crippen LogP contribution in [0.5, 0.6) is 11.5 Å². The maximum absolute atomic E-state index is 15.9. The van der Waals surface area contributed by atoms with E-state index < -0.39 is 11.7 Å². The Morgan fingerprint density at radius 2 is 1.75 bits per heavy atom. The Hall–Kier alpha value is -3.95. The lowest BCUT2D eigenvalue weighted by molar-refractivity contribution is -0.129. The van der Waals surface area contributed by atoms with Crippen LogP contribution in [0.4, 0.5) is 4.39 Å². The van der Waals surface area contributed by atoms with Crippen LogP contribution in [0.25, 0.3) is 0 Å². The van der Waals surface area contributed by atoms with Crippen LogP contribution in [0.2, 0.25) is 0 Å². The topological polar surface area (TPSA) is 108 Å². The molecule has 1 unspecified atom stereocenters. The molecule has 6 rings (SSSR count). The van der Waals surface area contributed by atoms with Crippen LogP contribution in [0, 0.1) is 11.7 Å². The smallest absolute Gasteiger partial charge is 0.254 e. The molecular weight excluding hydrogens is 515 g/mol. The highest BCUT2D eigenvalue weighted by molar-refractivity contribution is 5.95. The van der Waals surface area contributed by atoms with E-state index in [1.54, 1.807) is 35.2 Å². The summed E-state index contributed by atoms with van der Waals surface area (Å²) in [6, 6.07) is 9.98. The summed E-state index contributed by atoms with van der Waals surface area (Å²) in [5.74, 6) is -1.30. The molecule has 10 heteroatoms. The van der Waals surface area contributed by atoms with Crippen molar-refractivity contribution in [3.8, 4) is 11.5 Å². The van der Waals surface area contributed by atoms with Gasteiger partial charge in [0.1, 0.15) is 5.75 Å². The van der Waals surface area contributed by atoms with E-state index in [0.29, 0.717) is 48.8 Å². The van der Waals surface area contributed by atoms with Gasteiger partial charge >= 0.3 is 0 Å². The predicted molar refractivity (Wildman–Crippen MR) is 143 cm³/mol. The van der Waals surface area contributed by atoms with E-state index in [2.05, 4.69) is 10.6 Å². The molecule has 210 valence electrons. The summed E-state index contributed by atoms with van der Waals surface area (Å²) in [6.45, 7) is 1.62. The third-order valence-corrected chi connectivity index (χ3v) is 7.98. The Morgan fingerprint density at radius 1 is 0.975 bits per heavy atom. The maximum Gasteiger partial charge on any atom is 0.254 e. The zero-order valence-corrected chi connectivity index (χ0v) is 22.3. The van der Waals surface area contributed by atoms with E-state index in [1.807, 2.05) is 4.90 Å². The summed E-state index contributed by atoms with van der Waals surface area (Å²) in [7, 11) is 0. The molecule has 9 nitrogen and oxygen atoms in total. The molecule has 2 saturated carbocycles. The molecule has 2 aliphatic heterocycles. The number of nitrogens with one attached hydrogen (secondary N) is 2. The highest BCUT2D eigenvalue weighted by Gasteiger charge is 2.39. The second-order valence-corrected chi connectivity index (χ2v) is 11.3. The van der Waals surface area contributed by atoms with Crippen molar-refractivity contribution in [1.82, 2.24) is 20.4 Å². The number of rotatable bonds is 10. The van der Waals surface area contributed by atoms with Crippen molar-refractivity contribution < 1.29 is 28.3 Å². The van der Waals surface area contributed by atoms with Gasteiger partial charge in [-0.05, 0) is 62.4 Å². The lowest BCUT2D eigenvalue weighted by Crippen LogP contribution is -2.32. The molecule has 2 N–H and O–H groups in total. The Morgan fingerprint density at radius 3 is 2.42 bits per heavy atom. The van der Waals surface area contributed by atoms with Gasteiger partial charge in [-0.25, -0.2) is 4.39 Å². The molecule has 2 heterocycles. The van der Waals surface area contributed by atoms with Gasteiger partial charge in [0.2, 0.25) is 11.8 Å². The van der Waals surface area contributed by atoms with E-state index in [4.69, 9.17) is 4.74 Å². The third-order valence-electron chi connectivity index (χ3n) is 7.98. The molecule has 4 amide bonds. The number of likely N-dealkylation sites (tertiary alicyclic amines) is 2. The fourth-order valence-corrected chi connectivity index (χ4v) is 5.39. The lowest BCUT2D eigenvalue weighted by Gasteiger charge is -2.20. The van der Waals surface area contributed by atoms with E-state index in [-0.39, 0.29) is 54.1 Å². The van der Waals surface area contributed by atoms with E-state index in [9.17, 15) is 19.2 Å². The van der Waals surface area contributed by atoms with Gasteiger partial charge in [-0.2, -0.15) is 0 Å². The lowest BCUT2D eigenvalue weighted by atomic mass is 10.1. The van der Waals surface area contributed by atoms with Gasteiger partial charge < -0.3 is 25.2 Å². The molecule has 2 aromatic rings. The van der Waals surface area contributed by atoms with Crippen LogP contribution in [-0.2, 0) is 16.1 Å². The van der Waals surface area contributed by atoms with Crippen LogP contribution in [-0.4, -0.2) is 65.1 Å². The van der Waals surface area contributed by atoms with E-state index >= 15 is 4.39 Å². The molecule has 2 aromatic carbocycles. The molecule has 0 aromatic heterocycles. The average molecular weight is 549 g/mol. The number of benzene rings is 2. The van der Waals surface area contributed by atoms with Crippen molar-refractivity contribution in [3.05, 3.63) is 58.9 Å². The van der Waals surface area contributed by atoms with Crippen molar-refractivity contribution >= 4 is 23.6 Å². The van der Waals surface area contributed by atoms with E-state index in [0.717, 1.165) is 32.1 Å². The standard InChI is InChI=1S/C30H33FN4O5/c31-27-24(30(39)32-15-18-14-26(37)35(16-18)22-8-9-22)12-5-20(17-34-13-1-2-25(34)36)28(27)40-23-10-3-19(4-11-23)29(38)33-21-6-7-21/h3-5,10-12,18,21-22H,1-2,6-9,13-17H2,(H,32,39)(H,33,38). The minimum absolute atomic E-state index is 0.00749. The van der Waals surface area contributed by atoms with E-state index in [1.165, 1.54) is 6.07 Å². The molecule has 0 bridgehead atoms. The van der Waals surface area contributed by atoms with Crippen molar-refractivity contribution in [1.29, 1.82) is 0 Å². The van der Waals surface area contributed by atoms with Crippen molar-refractivity contribution in [2.24, 2.45) is 5.92 Å². The molecule has 0 radical (unpaired) electrons. The molecule has 0 spiro atoms. The third kappa shape index (κ3) is 5.80. The number of hydrogen-bond donors (Lipinski definition) is 2. The predicted octanol–water partition coefficient (Wildman–Crippen LogP) is 3.37. The summed E-state index contributed by atoms with van der Waals surface area (Å²) < 4.78 is 21.9. The number of ether oxygens (including phenoxy) is 1. The monoisotopic (exact) mass is 548 g/mol. The minimum Gasteiger partial charge on any atom is -0.454 e. The van der Waals surface area contributed by atoms with Gasteiger partial charge in [-0.1, -0.05) is 6.07 Å². The van der Waals surface area contributed by atoms with Crippen molar-refractivity contribution in [2.75, 3.05) is 19.6 Å². The zero-order valence-electron chi connectivity index (χ0n) is 22.3. The van der Waals surface area contributed by atoms with Crippen LogP contribution >= 0.6 is 0 Å². The number of carbonyl (C=O) groups is 4. The van der Waals surface area contributed by atoms with Crippen LogP contribution in [0.3, 0.4) is 0 Å². The fraction of sp³-hybridized carbons (Fsp3) is 0.467. The minimum atomic E-state index is -0.820. The molecule has 2 aliphatic carbocycles. The molecule has 1 atom stereocenters. The van der Waals surface area contributed by atoms with Gasteiger partial charge in [-0.15, -0.1) is 0 Å². The molecule has 4 fully saturated rings. The molecular formula is C30H33FN4O5. The molecule has 4 aliphatic rings. The van der Waals surface area contributed by atoms with Gasteiger partial charge in [0.05, 0.1) is 5.56 Å². The number of amides is 4. The first-order valence-corrected chi connectivity index (χ1v) is 14.1. The quantitative estimate of drug-likeness (QED) is 0.474. The SMILES string of the molecule is O=C(NC1CC1)c1ccc(Oc2c(CN3CCCC3=O)ccc(C(=O)NCC3CC(=O)N(C4CC4)C3)c2F)cc1. The number of carbonyl (C=O) groups excluding carboxylic acids is 4. The Labute approximate surface area is 232 Å². The largest absolute Gasteiger partial charge is 0.454 e. The Bertz CT molecular complexity index is 1340. The van der Waals surface area contributed by atoms with Crippen LogP contribution in [0.15, 0.2) is 36.4 Å². The summed E-state index contributed by atoms with van der Waals surface area (Å²) in [5, 5.41) is 5.72. The fourth-order valence-electron chi connectivity index (χ4n) is 5.39. The highest BCUT2D eigenvalue weighted by Crippen LogP contribution is 2.34. The van der Waals surface area contributed by atoms with Crippen LogP contribution < -0.4 is 15.4 Å². The van der Waals surface area contributed by atoms with Crippen molar-refractivity contribution in [3.63, 3.8) is 0 Å². The maximum atomic E-state index is 15.9. The first-order valence-electron chi connectivity index (χ1n) is 14.1. The number of hydrogen-bond acceptors (Lipinski definition) is 5. The van der Waals surface area contributed by atoms with Crippen LogP contribution in [0.1, 0.15) is 71.2 Å². The van der Waals surface area contributed by atoms with Gasteiger partial charge in [0, 0.05) is 68.1 Å². The summed E-state index contributed by atoms with van der Waals surface area (Å²) in [4.78, 5) is 53.4. The summed E-state index contributed by atoms with van der Waals surface area (Å²) in [6.07, 6.45) is 5.60. The molecule has 2 saturated heterocycles. The first kappa shape index (κ1) is 26.3. The Kier molecular flexibility index (Phi) is 7.16. The first-order chi connectivity index (χ1) is 19.4. The highest BCUT2D eigenvalue weighted by atomic mass is 19.1. The normalized spacial score (nSPS) is 20.7. The molecule has 40 heavy (non-hydrogen) atoms. The second kappa shape index (κ2) is 10.9. The van der Waals surface area contributed by atoms with Gasteiger partial charge in [0.25, 0.3) is 11.8 Å². The average Bonchev–Trinajstić information content (AvgIpc) is 3.87. The van der Waals surface area contributed by atoms with Crippen molar-refractivity contribution in [2.45, 2.75) is 63.6 Å². The Balaban J connectivity index is 1.19.